The second kappa shape index (κ2) is 6.02. The van der Waals surface area contributed by atoms with Crippen molar-refractivity contribution in [1.29, 1.82) is 0 Å². The van der Waals surface area contributed by atoms with Crippen LogP contribution in [0.2, 0.25) is 5.02 Å². The number of halogens is 1. The van der Waals surface area contributed by atoms with Crippen LogP contribution in [0.3, 0.4) is 0 Å². The number of rotatable bonds is 4. The Labute approximate surface area is 117 Å². The number of benzene rings is 1. The second-order valence-electron chi connectivity index (χ2n) is 4.23. The Balaban J connectivity index is 2.45. The fourth-order valence-corrected chi connectivity index (χ4v) is 2.19. The third kappa shape index (κ3) is 2.87. The van der Waals surface area contributed by atoms with E-state index in [1.807, 2.05) is 25.1 Å². The van der Waals surface area contributed by atoms with Crippen LogP contribution < -0.4 is 16.0 Å². The molecule has 0 aliphatic rings. The van der Waals surface area contributed by atoms with Crippen molar-refractivity contribution in [3.05, 3.63) is 58.4 Å². The number of aromatic nitrogens is 1. The van der Waals surface area contributed by atoms with E-state index >= 15 is 0 Å². The van der Waals surface area contributed by atoms with Gasteiger partial charge in [-0.25, -0.2) is 5.43 Å². The van der Waals surface area contributed by atoms with E-state index in [2.05, 4.69) is 10.4 Å². The molecule has 1 unspecified atom stereocenters. The number of ether oxygens (including phenoxy) is 1. The fraction of sp³-hybridized carbons (Fsp3) is 0.214. The molecule has 1 aromatic heterocycles. The fourth-order valence-electron chi connectivity index (χ4n) is 2.00. The minimum atomic E-state index is -0.153. The molecule has 5 heteroatoms. The van der Waals surface area contributed by atoms with Crippen LogP contribution in [0.4, 0.5) is 0 Å². The SMILES string of the molecule is COc1cc(C(NN)c2cnccc2C)ccc1Cl. The number of hydrogen-bond donors (Lipinski definition) is 2. The summed E-state index contributed by atoms with van der Waals surface area (Å²) in [7, 11) is 1.59. The van der Waals surface area contributed by atoms with E-state index in [1.165, 1.54) is 0 Å². The molecule has 100 valence electrons. The van der Waals surface area contributed by atoms with E-state index in [4.69, 9.17) is 22.2 Å². The zero-order valence-electron chi connectivity index (χ0n) is 10.9. The Morgan fingerprint density at radius 3 is 2.79 bits per heavy atom. The normalized spacial score (nSPS) is 12.2. The van der Waals surface area contributed by atoms with E-state index in [9.17, 15) is 0 Å². The van der Waals surface area contributed by atoms with Gasteiger partial charge in [-0.1, -0.05) is 17.7 Å². The summed E-state index contributed by atoms with van der Waals surface area (Å²) in [4.78, 5) is 4.15. The van der Waals surface area contributed by atoms with Gasteiger partial charge in [0.05, 0.1) is 18.2 Å². The molecule has 0 aliphatic heterocycles. The van der Waals surface area contributed by atoms with Crippen LogP contribution >= 0.6 is 11.6 Å². The highest BCUT2D eigenvalue weighted by molar-refractivity contribution is 6.32. The minimum Gasteiger partial charge on any atom is -0.495 e. The molecule has 0 spiro atoms. The van der Waals surface area contributed by atoms with E-state index in [1.54, 1.807) is 25.6 Å². The van der Waals surface area contributed by atoms with Gasteiger partial charge in [0.1, 0.15) is 5.75 Å². The summed E-state index contributed by atoms with van der Waals surface area (Å²) in [5.74, 6) is 6.31. The van der Waals surface area contributed by atoms with Gasteiger partial charge in [-0.3, -0.25) is 10.8 Å². The molecule has 1 heterocycles. The predicted molar refractivity (Wildman–Crippen MR) is 76.1 cm³/mol. The maximum absolute atomic E-state index is 6.03. The van der Waals surface area contributed by atoms with Crippen molar-refractivity contribution in [3.63, 3.8) is 0 Å². The zero-order chi connectivity index (χ0) is 13.8. The molecule has 0 aliphatic carbocycles. The van der Waals surface area contributed by atoms with Gasteiger partial charge in [0.2, 0.25) is 0 Å². The molecule has 0 radical (unpaired) electrons. The number of hydrogen-bond acceptors (Lipinski definition) is 4. The molecule has 2 aromatic rings. The second-order valence-corrected chi connectivity index (χ2v) is 4.63. The first-order chi connectivity index (χ1) is 9.17. The van der Waals surface area contributed by atoms with Crippen molar-refractivity contribution in [1.82, 2.24) is 10.4 Å². The number of hydrazine groups is 1. The lowest BCUT2D eigenvalue weighted by Crippen LogP contribution is -2.29. The Hall–Kier alpha value is -1.62. The molecule has 4 nitrogen and oxygen atoms in total. The highest BCUT2D eigenvalue weighted by atomic mass is 35.5. The van der Waals surface area contributed by atoms with E-state index in [0.29, 0.717) is 10.8 Å². The van der Waals surface area contributed by atoms with Gasteiger partial charge < -0.3 is 4.74 Å². The summed E-state index contributed by atoms with van der Waals surface area (Å²) in [6.45, 7) is 2.02. The Kier molecular flexibility index (Phi) is 4.37. The number of nitrogens with two attached hydrogens (primary N) is 1. The Bertz CT molecular complexity index is 574. The van der Waals surface area contributed by atoms with Crippen LogP contribution in [0.25, 0.3) is 0 Å². The maximum Gasteiger partial charge on any atom is 0.137 e. The van der Waals surface area contributed by atoms with Gasteiger partial charge in [0, 0.05) is 12.4 Å². The lowest BCUT2D eigenvalue weighted by molar-refractivity contribution is 0.414. The van der Waals surface area contributed by atoms with Crippen molar-refractivity contribution in [3.8, 4) is 5.75 Å². The largest absolute Gasteiger partial charge is 0.495 e. The van der Waals surface area contributed by atoms with Crippen LogP contribution in [-0.4, -0.2) is 12.1 Å². The van der Waals surface area contributed by atoms with Gasteiger partial charge in [-0.05, 0) is 41.8 Å². The maximum atomic E-state index is 6.03. The zero-order valence-corrected chi connectivity index (χ0v) is 11.6. The Morgan fingerprint density at radius 2 is 2.16 bits per heavy atom. The first-order valence-electron chi connectivity index (χ1n) is 5.87. The highest BCUT2D eigenvalue weighted by Gasteiger charge is 2.16. The van der Waals surface area contributed by atoms with Crippen LogP contribution in [0.1, 0.15) is 22.7 Å². The van der Waals surface area contributed by atoms with Crippen LogP contribution in [-0.2, 0) is 0 Å². The van der Waals surface area contributed by atoms with Crippen LogP contribution in [0.15, 0.2) is 36.7 Å². The van der Waals surface area contributed by atoms with Gasteiger partial charge in [0.15, 0.2) is 0 Å². The third-order valence-corrected chi connectivity index (χ3v) is 3.38. The molecule has 0 saturated carbocycles. The standard InChI is InChI=1S/C14H16ClN3O/c1-9-5-6-17-8-11(9)14(18-16)10-3-4-12(15)13(7-10)19-2/h3-8,14,18H,16H2,1-2H3. The predicted octanol–water partition coefficient (Wildman–Crippen LogP) is 2.60. The molecule has 0 amide bonds. The molecule has 0 saturated heterocycles. The topological polar surface area (TPSA) is 60.2 Å². The summed E-state index contributed by atoms with van der Waals surface area (Å²) in [5.41, 5.74) is 5.92. The quantitative estimate of drug-likeness (QED) is 0.666. The summed E-state index contributed by atoms with van der Waals surface area (Å²) in [5, 5.41) is 0.574. The lowest BCUT2D eigenvalue weighted by atomic mass is 9.97. The summed E-state index contributed by atoms with van der Waals surface area (Å²) < 4.78 is 5.23. The van der Waals surface area contributed by atoms with Crippen molar-refractivity contribution < 1.29 is 4.74 Å². The Morgan fingerprint density at radius 1 is 1.37 bits per heavy atom. The summed E-state index contributed by atoms with van der Waals surface area (Å²) in [6.07, 6.45) is 3.57. The van der Waals surface area contributed by atoms with Crippen molar-refractivity contribution in [2.75, 3.05) is 7.11 Å². The van der Waals surface area contributed by atoms with Crippen LogP contribution in [0.5, 0.6) is 5.75 Å². The minimum absolute atomic E-state index is 0.153. The highest BCUT2D eigenvalue weighted by Crippen LogP contribution is 2.30. The first-order valence-corrected chi connectivity index (χ1v) is 6.25. The lowest BCUT2D eigenvalue weighted by Gasteiger charge is -2.19. The van der Waals surface area contributed by atoms with Gasteiger partial charge in [0.25, 0.3) is 0 Å². The molecule has 1 aromatic carbocycles. The average Bonchev–Trinajstić information content (AvgIpc) is 2.43. The van der Waals surface area contributed by atoms with Crippen molar-refractivity contribution >= 4 is 11.6 Å². The smallest absolute Gasteiger partial charge is 0.137 e. The monoisotopic (exact) mass is 277 g/mol. The van der Waals surface area contributed by atoms with Crippen molar-refractivity contribution in [2.45, 2.75) is 13.0 Å². The summed E-state index contributed by atoms with van der Waals surface area (Å²) in [6, 6.07) is 7.39. The molecule has 2 rings (SSSR count). The molecular weight excluding hydrogens is 262 g/mol. The molecule has 0 bridgehead atoms. The van der Waals surface area contributed by atoms with Crippen molar-refractivity contribution in [2.24, 2.45) is 5.84 Å². The third-order valence-electron chi connectivity index (χ3n) is 3.07. The average molecular weight is 278 g/mol. The van der Waals surface area contributed by atoms with Gasteiger partial charge >= 0.3 is 0 Å². The number of pyridine rings is 1. The number of aryl methyl sites for hydroxylation is 1. The van der Waals surface area contributed by atoms with E-state index in [-0.39, 0.29) is 6.04 Å². The summed E-state index contributed by atoms with van der Waals surface area (Å²) >= 11 is 6.03. The molecule has 3 N–H and O–H groups in total. The number of nitrogens with one attached hydrogen (secondary N) is 1. The molecule has 1 atom stereocenters. The number of methoxy groups -OCH3 is 1. The van der Waals surface area contributed by atoms with E-state index < -0.39 is 0 Å². The van der Waals surface area contributed by atoms with Gasteiger partial charge in [-0.15, -0.1) is 0 Å². The molecule has 0 fully saturated rings. The first kappa shape index (κ1) is 13.8. The number of nitrogens with zero attached hydrogens (tertiary/aromatic N) is 1. The molecule has 19 heavy (non-hydrogen) atoms. The molecular formula is C14H16ClN3O. The van der Waals surface area contributed by atoms with Gasteiger partial charge in [-0.2, -0.15) is 0 Å². The van der Waals surface area contributed by atoms with E-state index in [0.717, 1.165) is 16.7 Å². The van der Waals surface area contributed by atoms with Crippen LogP contribution in [0, 0.1) is 6.92 Å².